The average Bonchev–Trinajstić information content (AvgIpc) is 2.48. The molecule has 1 aromatic heterocycles. The SMILES string of the molecule is CCOC(=O)N1CCN(Cc2ccnc(CC)n2)CC1. The molecule has 1 saturated heterocycles. The summed E-state index contributed by atoms with van der Waals surface area (Å²) >= 11 is 0. The molecule has 0 N–H and O–H groups in total. The smallest absolute Gasteiger partial charge is 0.409 e. The monoisotopic (exact) mass is 278 g/mol. The summed E-state index contributed by atoms with van der Waals surface area (Å²) in [7, 11) is 0. The summed E-state index contributed by atoms with van der Waals surface area (Å²) in [6.45, 7) is 8.25. The largest absolute Gasteiger partial charge is 0.450 e. The molecular formula is C14H22N4O2. The first-order valence-electron chi connectivity index (χ1n) is 7.17. The number of rotatable bonds is 4. The Morgan fingerprint density at radius 1 is 1.30 bits per heavy atom. The van der Waals surface area contributed by atoms with E-state index >= 15 is 0 Å². The van der Waals surface area contributed by atoms with E-state index in [9.17, 15) is 4.79 Å². The van der Waals surface area contributed by atoms with Crippen LogP contribution in [0.1, 0.15) is 25.4 Å². The van der Waals surface area contributed by atoms with Crippen LogP contribution in [0.5, 0.6) is 0 Å². The second-order valence-corrected chi connectivity index (χ2v) is 4.78. The van der Waals surface area contributed by atoms with Crippen molar-refractivity contribution in [2.75, 3.05) is 32.8 Å². The number of aryl methyl sites for hydroxylation is 1. The van der Waals surface area contributed by atoms with E-state index in [0.29, 0.717) is 19.7 Å². The van der Waals surface area contributed by atoms with Crippen LogP contribution in [0.15, 0.2) is 12.3 Å². The summed E-state index contributed by atoms with van der Waals surface area (Å²) in [6.07, 6.45) is 2.46. The molecule has 6 heteroatoms. The molecule has 0 unspecified atom stereocenters. The van der Waals surface area contributed by atoms with E-state index in [2.05, 4.69) is 21.8 Å². The van der Waals surface area contributed by atoms with Gasteiger partial charge in [0.2, 0.25) is 0 Å². The van der Waals surface area contributed by atoms with Gasteiger partial charge in [-0.15, -0.1) is 0 Å². The van der Waals surface area contributed by atoms with Gasteiger partial charge in [0, 0.05) is 45.3 Å². The Morgan fingerprint density at radius 3 is 2.70 bits per heavy atom. The first kappa shape index (κ1) is 14.7. The fraction of sp³-hybridized carbons (Fsp3) is 0.643. The molecule has 2 rings (SSSR count). The third-order valence-corrected chi connectivity index (χ3v) is 3.36. The topological polar surface area (TPSA) is 58.6 Å². The zero-order valence-corrected chi connectivity index (χ0v) is 12.2. The molecule has 0 atom stereocenters. The number of ether oxygens (including phenoxy) is 1. The predicted octanol–water partition coefficient (Wildman–Crippen LogP) is 1.31. The van der Waals surface area contributed by atoms with Crippen LogP contribution in [0.3, 0.4) is 0 Å². The zero-order chi connectivity index (χ0) is 14.4. The minimum Gasteiger partial charge on any atom is -0.450 e. The number of piperazine rings is 1. The van der Waals surface area contributed by atoms with E-state index in [1.165, 1.54) is 0 Å². The number of hydrogen-bond acceptors (Lipinski definition) is 5. The van der Waals surface area contributed by atoms with Crippen LogP contribution in [0, 0.1) is 0 Å². The van der Waals surface area contributed by atoms with E-state index in [1.807, 2.05) is 19.2 Å². The second-order valence-electron chi connectivity index (χ2n) is 4.78. The normalized spacial score (nSPS) is 16.2. The standard InChI is InChI=1S/C14H22N4O2/c1-3-13-15-6-5-12(16-13)11-17-7-9-18(10-8-17)14(19)20-4-2/h5-6H,3-4,7-11H2,1-2H3. The van der Waals surface area contributed by atoms with Gasteiger partial charge in [0.25, 0.3) is 0 Å². The van der Waals surface area contributed by atoms with Gasteiger partial charge in [0.05, 0.1) is 12.3 Å². The van der Waals surface area contributed by atoms with Gasteiger partial charge in [-0.1, -0.05) is 6.92 Å². The molecular weight excluding hydrogens is 256 g/mol. The van der Waals surface area contributed by atoms with Gasteiger partial charge in [0.15, 0.2) is 0 Å². The summed E-state index contributed by atoms with van der Waals surface area (Å²) < 4.78 is 5.01. The van der Waals surface area contributed by atoms with Crippen LogP contribution in [0.2, 0.25) is 0 Å². The van der Waals surface area contributed by atoms with E-state index in [1.54, 1.807) is 4.90 Å². The van der Waals surface area contributed by atoms with Gasteiger partial charge < -0.3 is 9.64 Å². The molecule has 1 fully saturated rings. The third-order valence-electron chi connectivity index (χ3n) is 3.36. The van der Waals surface area contributed by atoms with E-state index in [0.717, 1.165) is 37.6 Å². The second kappa shape index (κ2) is 7.19. The lowest BCUT2D eigenvalue weighted by Crippen LogP contribution is -2.48. The van der Waals surface area contributed by atoms with Crippen LogP contribution in [-0.2, 0) is 17.7 Å². The zero-order valence-electron chi connectivity index (χ0n) is 12.2. The Morgan fingerprint density at radius 2 is 2.05 bits per heavy atom. The number of hydrogen-bond donors (Lipinski definition) is 0. The number of aromatic nitrogens is 2. The minimum absolute atomic E-state index is 0.206. The molecule has 0 saturated carbocycles. The van der Waals surface area contributed by atoms with Gasteiger partial charge >= 0.3 is 6.09 Å². The van der Waals surface area contributed by atoms with Crippen molar-refractivity contribution in [2.45, 2.75) is 26.8 Å². The Labute approximate surface area is 119 Å². The van der Waals surface area contributed by atoms with Crippen molar-refractivity contribution in [2.24, 2.45) is 0 Å². The fourth-order valence-corrected chi connectivity index (χ4v) is 2.23. The summed E-state index contributed by atoms with van der Waals surface area (Å²) in [5.41, 5.74) is 1.04. The molecule has 1 aliphatic rings. The highest BCUT2D eigenvalue weighted by Gasteiger charge is 2.22. The summed E-state index contributed by atoms with van der Waals surface area (Å²) in [6, 6.07) is 1.96. The molecule has 0 aliphatic carbocycles. The van der Waals surface area contributed by atoms with Crippen LogP contribution in [-0.4, -0.2) is 58.6 Å². The number of amides is 1. The molecule has 1 aliphatic heterocycles. The number of carbonyl (C=O) groups is 1. The Bertz CT molecular complexity index is 445. The third kappa shape index (κ3) is 3.90. The molecule has 1 aromatic rings. The molecule has 0 aromatic carbocycles. The van der Waals surface area contributed by atoms with E-state index < -0.39 is 0 Å². The predicted molar refractivity (Wildman–Crippen MR) is 75.3 cm³/mol. The van der Waals surface area contributed by atoms with Crippen molar-refractivity contribution in [3.8, 4) is 0 Å². The number of nitrogens with zero attached hydrogens (tertiary/aromatic N) is 4. The fourth-order valence-electron chi connectivity index (χ4n) is 2.23. The van der Waals surface area contributed by atoms with Gasteiger partial charge in [-0.3, -0.25) is 4.90 Å². The van der Waals surface area contributed by atoms with Crippen molar-refractivity contribution in [3.05, 3.63) is 23.8 Å². The molecule has 0 spiro atoms. The van der Waals surface area contributed by atoms with Crippen molar-refractivity contribution in [1.29, 1.82) is 0 Å². The summed E-state index contributed by atoms with van der Waals surface area (Å²) in [4.78, 5) is 24.4. The first-order valence-corrected chi connectivity index (χ1v) is 7.17. The Kier molecular flexibility index (Phi) is 5.29. The quantitative estimate of drug-likeness (QED) is 0.831. The molecule has 1 amide bonds. The molecule has 20 heavy (non-hydrogen) atoms. The lowest BCUT2D eigenvalue weighted by Gasteiger charge is -2.33. The number of carbonyl (C=O) groups excluding carboxylic acids is 1. The maximum atomic E-state index is 11.6. The lowest BCUT2D eigenvalue weighted by atomic mass is 10.3. The van der Waals surface area contributed by atoms with Crippen LogP contribution in [0.25, 0.3) is 0 Å². The van der Waals surface area contributed by atoms with Crippen molar-refractivity contribution in [3.63, 3.8) is 0 Å². The highest BCUT2D eigenvalue weighted by Crippen LogP contribution is 2.08. The molecule has 6 nitrogen and oxygen atoms in total. The van der Waals surface area contributed by atoms with E-state index in [4.69, 9.17) is 4.74 Å². The van der Waals surface area contributed by atoms with Crippen molar-refractivity contribution < 1.29 is 9.53 Å². The van der Waals surface area contributed by atoms with Crippen molar-refractivity contribution >= 4 is 6.09 Å². The summed E-state index contributed by atoms with van der Waals surface area (Å²) in [5, 5.41) is 0. The Hall–Kier alpha value is -1.69. The van der Waals surface area contributed by atoms with Crippen LogP contribution < -0.4 is 0 Å². The average molecular weight is 278 g/mol. The Balaban J connectivity index is 1.83. The highest BCUT2D eigenvalue weighted by molar-refractivity contribution is 5.67. The molecule has 110 valence electrons. The lowest BCUT2D eigenvalue weighted by molar-refractivity contribution is 0.0775. The van der Waals surface area contributed by atoms with E-state index in [-0.39, 0.29) is 6.09 Å². The van der Waals surface area contributed by atoms with Crippen molar-refractivity contribution in [1.82, 2.24) is 19.8 Å². The van der Waals surface area contributed by atoms with Gasteiger partial charge in [-0.05, 0) is 13.0 Å². The van der Waals surface area contributed by atoms with Gasteiger partial charge in [0.1, 0.15) is 5.82 Å². The van der Waals surface area contributed by atoms with Crippen LogP contribution >= 0.6 is 0 Å². The highest BCUT2D eigenvalue weighted by atomic mass is 16.6. The molecule has 2 heterocycles. The maximum Gasteiger partial charge on any atom is 0.409 e. The summed E-state index contributed by atoms with van der Waals surface area (Å²) in [5.74, 6) is 0.882. The van der Waals surface area contributed by atoms with Gasteiger partial charge in [-0.25, -0.2) is 14.8 Å². The minimum atomic E-state index is -0.206. The van der Waals surface area contributed by atoms with Crippen LogP contribution in [0.4, 0.5) is 4.79 Å². The molecule has 0 bridgehead atoms. The maximum absolute atomic E-state index is 11.6. The van der Waals surface area contributed by atoms with Gasteiger partial charge in [-0.2, -0.15) is 0 Å². The first-order chi connectivity index (χ1) is 9.72. The molecule has 0 radical (unpaired) electrons.